The Balaban J connectivity index is 1.74. The zero-order valence-electron chi connectivity index (χ0n) is 20.6. The van der Waals surface area contributed by atoms with Crippen molar-refractivity contribution in [3.8, 4) is 0 Å². The molecule has 190 valence electrons. The molecule has 0 radical (unpaired) electrons. The summed E-state index contributed by atoms with van der Waals surface area (Å²) in [5, 5.41) is 17.8. The molecule has 3 aromatic rings. The summed E-state index contributed by atoms with van der Waals surface area (Å²) in [7, 11) is 3.90. The molecule has 37 heavy (non-hydrogen) atoms. The summed E-state index contributed by atoms with van der Waals surface area (Å²) in [6.45, 7) is 2.79. The lowest BCUT2D eigenvalue weighted by atomic mass is 10.00. The number of nitrogens with one attached hydrogen (secondary N) is 2. The van der Waals surface area contributed by atoms with Crippen molar-refractivity contribution in [1.29, 1.82) is 0 Å². The molecule has 2 N–H and O–H groups in total. The van der Waals surface area contributed by atoms with Crippen LogP contribution in [0.5, 0.6) is 0 Å². The molecule has 0 unspecified atom stereocenters. The van der Waals surface area contributed by atoms with Crippen LogP contribution in [-0.4, -0.2) is 48.8 Å². The van der Waals surface area contributed by atoms with Crippen LogP contribution in [0.3, 0.4) is 0 Å². The van der Waals surface area contributed by atoms with Gasteiger partial charge in [0.25, 0.3) is 11.6 Å². The molecule has 4 rings (SSSR count). The molecule has 0 aliphatic carbocycles. The average Bonchev–Trinajstić information content (AvgIpc) is 3.17. The van der Waals surface area contributed by atoms with Gasteiger partial charge in [-0.25, -0.2) is 0 Å². The van der Waals surface area contributed by atoms with Crippen molar-refractivity contribution in [3.63, 3.8) is 0 Å². The van der Waals surface area contributed by atoms with E-state index in [1.165, 1.54) is 19.1 Å². The molecule has 0 aromatic heterocycles. The number of hydrogen-bond donors (Lipinski definition) is 2. The minimum absolute atomic E-state index is 0.0532. The summed E-state index contributed by atoms with van der Waals surface area (Å²) >= 11 is 6.12. The van der Waals surface area contributed by atoms with Crippen molar-refractivity contribution in [2.75, 3.05) is 42.7 Å². The lowest BCUT2D eigenvalue weighted by Crippen LogP contribution is -2.35. The number of amides is 2. The average molecular weight is 520 g/mol. The maximum atomic E-state index is 13.1. The number of non-ortho nitro benzene ring substituents is 1. The number of carbonyl (C=O) groups is 2. The van der Waals surface area contributed by atoms with Crippen LogP contribution in [0, 0.1) is 10.1 Å². The van der Waals surface area contributed by atoms with Gasteiger partial charge in [0, 0.05) is 54.1 Å². The summed E-state index contributed by atoms with van der Waals surface area (Å²) in [6, 6.07) is 18.4. The van der Waals surface area contributed by atoms with Crippen molar-refractivity contribution in [2.45, 2.75) is 6.92 Å². The topological polar surface area (TPSA) is 108 Å². The smallest absolute Gasteiger partial charge is 0.269 e. The fourth-order valence-corrected chi connectivity index (χ4v) is 4.23. The van der Waals surface area contributed by atoms with Gasteiger partial charge in [-0.15, -0.1) is 0 Å². The summed E-state index contributed by atoms with van der Waals surface area (Å²) in [6.07, 6.45) is 0. The van der Waals surface area contributed by atoms with Crippen LogP contribution in [0.2, 0.25) is 5.02 Å². The molecule has 10 heteroatoms. The van der Waals surface area contributed by atoms with Crippen molar-refractivity contribution >= 4 is 57.4 Å². The molecule has 1 aliphatic rings. The van der Waals surface area contributed by atoms with Gasteiger partial charge in [-0.2, -0.15) is 0 Å². The molecule has 0 atom stereocenters. The number of rotatable bonds is 8. The van der Waals surface area contributed by atoms with Gasteiger partial charge < -0.3 is 20.4 Å². The Kier molecular flexibility index (Phi) is 7.56. The molecule has 0 bridgehead atoms. The first kappa shape index (κ1) is 25.9. The van der Waals surface area contributed by atoms with Gasteiger partial charge in [0.15, 0.2) is 0 Å². The zero-order chi connectivity index (χ0) is 26.7. The van der Waals surface area contributed by atoms with E-state index >= 15 is 0 Å². The third-order valence-electron chi connectivity index (χ3n) is 5.94. The van der Waals surface area contributed by atoms with E-state index in [2.05, 4.69) is 10.6 Å². The summed E-state index contributed by atoms with van der Waals surface area (Å²) in [5.74, 6) is -0.379. The SMILES string of the molecule is CC(=O)N(CCN(C)C)c1ccc(NC(=C2C(=O)Nc3cc(Cl)ccc32)c2ccc([N+](=O)[O-])cc2)cc1. The number of hydrogen-bond acceptors (Lipinski definition) is 6. The van der Waals surface area contributed by atoms with Gasteiger partial charge in [-0.3, -0.25) is 19.7 Å². The van der Waals surface area contributed by atoms with Crippen molar-refractivity contribution in [2.24, 2.45) is 0 Å². The second kappa shape index (κ2) is 10.8. The van der Waals surface area contributed by atoms with Crippen LogP contribution in [0.4, 0.5) is 22.7 Å². The summed E-state index contributed by atoms with van der Waals surface area (Å²) < 4.78 is 0. The first-order valence-corrected chi connectivity index (χ1v) is 11.9. The minimum Gasteiger partial charge on any atom is -0.354 e. The Morgan fingerprint density at radius 3 is 2.30 bits per heavy atom. The molecule has 1 heterocycles. The molecule has 1 aliphatic heterocycles. The molecule has 0 spiro atoms. The Morgan fingerprint density at radius 2 is 1.70 bits per heavy atom. The van der Waals surface area contributed by atoms with Crippen LogP contribution >= 0.6 is 11.6 Å². The third-order valence-corrected chi connectivity index (χ3v) is 6.18. The Labute approximate surface area is 219 Å². The molecule has 0 saturated carbocycles. The van der Waals surface area contributed by atoms with Crippen LogP contribution in [0.25, 0.3) is 11.3 Å². The number of carbonyl (C=O) groups excluding carboxylic acids is 2. The van der Waals surface area contributed by atoms with E-state index in [1.54, 1.807) is 35.2 Å². The number of nitrogens with zero attached hydrogens (tertiary/aromatic N) is 3. The van der Waals surface area contributed by atoms with E-state index in [-0.39, 0.29) is 17.5 Å². The lowest BCUT2D eigenvalue weighted by molar-refractivity contribution is -0.384. The predicted octanol–water partition coefficient (Wildman–Crippen LogP) is 5.10. The second-order valence-electron chi connectivity index (χ2n) is 8.84. The zero-order valence-corrected chi connectivity index (χ0v) is 21.4. The fraction of sp³-hybridized carbons (Fsp3) is 0.185. The number of halogens is 1. The van der Waals surface area contributed by atoms with Gasteiger partial charge >= 0.3 is 0 Å². The molecular formula is C27H26ClN5O4. The monoisotopic (exact) mass is 519 g/mol. The van der Waals surface area contributed by atoms with Crippen molar-refractivity contribution in [1.82, 2.24) is 4.90 Å². The Hall–Kier alpha value is -4.21. The number of anilines is 3. The van der Waals surface area contributed by atoms with Gasteiger partial charge in [0.2, 0.25) is 5.91 Å². The van der Waals surface area contributed by atoms with E-state index in [9.17, 15) is 19.7 Å². The largest absolute Gasteiger partial charge is 0.354 e. The van der Waals surface area contributed by atoms with Gasteiger partial charge in [-0.1, -0.05) is 17.7 Å². The van der Waals surface area contributed by atoms with Gasteiger partial charge in [0.1, 0.15) is 0 Å². The second-order valence-corrected chi connectivity index (χ2v) is 9.28. The molecular weight excluding hydrogens is 494 g/mol. The Morgan fingerprint density at radius 1 is 1.03 bits per heavy atom. The summed E-state index contributed by atoms with van der Waals surface area (Å²) in [5.41, 5.74) is 4.10. The van der Waals surface area contributed by atoms with E-state index in [0.717, 1.165) is 5.69 Å². The maximum Gasteiger partial charge on any atom is 0.269 e. The predicted molar refractivity (Wildman–Crippen MR) is 147 cm³/mol. The van der Waals surface area contributed by atoms with Crippen LogP contribution in [0.1, 0.15) is 18.1 Å². The number of fused-ring (bicyclic) bond motifs is 1. The van der Waals surface area contributed by atoms with E-state index in [1.807, 2.05) is 43.3 Å². The van der Waals surface area contributed by atoms with Gasteiger partial charge in [0.05, 0.1) is 21.9 Å². The number of likely N-dealkylation sites (N-methyl/N-ethyl adjacent to an activating group) is 1. The highest BCUT2D eigenvalue weighted by Gasteiger charge is 2.29. The standard InChI is InChI=1S/C27H26ClN5O4/c1-17(34)32(15-14-31(2)3)21-11-7-20(8-12-21)29-26(18-4-9-22(10-5-18)33(36)37)25-23-13-6-19(28)16-24(23)30-27(25)35/h4-13,16,29H,14-15H2,1-3H3,(H,30,35). The molecule has 2 amide bonds. The number of nitro benzene ring substituents is 1. The fourth-order valence-electron chi connectivity index (χ4n) is 4.06. The van der Waals surface area contributed by atoms with Crippen molar-refractivity contribution < 1.29 is 14.5 Å². The lowest BCUT2D eigenvalue weighted by Gasteiger charge is -2.23. The first-order chi connectivity index (χ1) is 17.6. The molecule has 9 nitrogen and oxygen atoms in total. The van der Waals surface area contributed by atoms with E-state index in [0.29, 0.717) is 51.9 Å². The third kappa shape index (κ3) is 5.79. The van der Waals surface area contributed by atoms with Crippen molar-refractivity contribution in [3.05, 3.63) is 93.0 Å². The summed E-state index contributed by atoms with van der Waals surface area (Å²) in [4.78, 5) is 39.7. The quantitative estimate of drug-likeness (QED) is 0.244. The minimum atomic E-state index is -0.473. The Bertz CT molecular complexity index is 1380. The highest BCUT2D eigenvalue weighted by molar-refractivity contribution is 6.38. The van der Waals surface area contributed by atoms with Crippen LogP contribution in [-0.2, 0) is 9.59 Å². The number of benzene rings is 3. The van der Waals surface area contributed by atoms with Crippen LogP contribution in [0.15, 0.2) is 66.7 Å². The van der Waals surface area contributed by atoms with E-state index in [4.69, 9.17) is 11.6 Å². The van der Waals surface area contributed by atoms with E-state index < -0.39 is 4.92 Å². The first-order valence-electron chi connectivity index (χ1n) is 11.5. The highest BCUT2D eigenvalue weighted by Crippen LogP contribution is 2.39. The van der Waals surface area contributed by atoms with Gasteiger partial charge in [-0.05, 0) is 68.2 Å². The molecule has 0 saturated heterocycles. The molecule has 3 aromatic carbocycles. The number of nitro groups is 1. The maximum absolute atomic E-state index is 13.1. The van der Waals surface area contributed by atoms with Crippen LogP contribution < -0.4 is 15.5 Å². The highest BCUT2D eigenvalue weighted by atomic mass is 35.5. The normalized spacial score (nSPS) is 13.7. The molecule has 0 fully saturated rings.